The van der Waals surface area contributed by atoms with Crippen LogP contribution in [0.3, 0.4) is 0 Å². The van der Waals surface area contributed by atoms with E-state index in [1.54, 1.807) is 13.0 Å². The fourth-order valence-electron chi connectivity index (χ4n) is 1.05. The highest BCUT2D eigenvalue weighted by Gasteiger charge is 2.16. The van der Waals surface area contributed by atoms with Crippen LogP contribution in [0.1, 0.15) is 22.8 Å². The summed E-state index contributed by atoms with van der Waals surface area (Å²) in [6.45, 7) is 1.76. The molecule has 0 aliphatic rings. The van der Waals surface area contributed by atoms with Crippen molar-refractivity contribution in [2.45, 2.75) is 6.92 Å². The van der Waals surface area contributed by atoms with Crippen LogP contribution in [0.25, 0.3) is 0 Å². The molecule has 1 aromatic carbocycles. The van der Waals surface area contributed by atoms with Crippen LogP contribution in [0.5, 0.6) is 11.5 Å². The van der Waals surface area contributed by atoms with E-state index < -0.39 is 17.5 Å². The van der Waals surface area contributed by atoms with E-state index in [9.17, 15) is 15.0 Å². The van der Waals surface area contributed by atoms with Crippen LogP contribution in [-0.2, 0) is 4.74 Å². The Morgan fingerprint density at radius 2 is 2.20 bits per heavy atom. The van der Waals surface area contributed by atoms with Gasteiger partial charge < -0.3 is 14.9 Å². The maximum atomic E-state index is 11.3. The molecule has 0 heterocycles. The van der Waals surface area contributed by atoms with Crippen molar-refractivity contribution in [1.82, 2.24) is 0 Å². The van der Waals surface area contributed by atoms with Gasteiger partial charge in [-0.2, -0.15) is 5.26 Å². The van der Waals surface area contributed by atoms with Gasteiger partial charge in [-0.3, -0.25) is 0 Å². The summed E-state index contributed by atoms with van der Waals surface area (Å²) in [5.74, 6) is -1.87. The number of carbonyl (C=O) groups is 1. The van der Waals surface area contributed by atoms with Crippen LogP contribution in [0.4, 0.5) is 0 Å². The van der Waals surface area contributed by atoms with Crippen molar-refractivity contribution in [1.29, 1.82) is 5.26 Å². The first-order chi connectivity index (χ1) is 7.10. The number of aromatic hydroxyl groups is 2. The summed E-state index contributed by atoms with van der Waals surface area (Å²) in [6.07, 6.45) is 0. The van der Waals surface area contributed by atoms with Crippen LogP contribution < -0.4 is 0 Å². The molecule has 0 aliphatic heterocycles. The molecule has 0 aliphatic carbocycles. The first kappa shape index (κ1) is 10.9. The van der Waals surface area contributed by atoms with Gasteiger partial charge in [-0.05, 0) is 13.0 Å². The summed E-state index contributed by atoms with van der Waals surface area (Å²) in [5, 5.41) is 27.2. The molecule has 0 bridgehead atoms. The summed E-state index contributed by atoms with van der Waals surface area (Å²) in [7, 11) is 0. The number of phenols is 2. The van der Waals surface area contributed by atoms with E-state index in [1.807, 2.05) is 0 Å². The molecule has 5 nitrogen and oxygen atoms in total. The summed E-state index contributed by atoms with van der Waals surface area (Å²) in [5.41, 5.74) is -0.137. The Bertz CT molecular complexity index is 434. The van der Waals surface area contributed by atoms with Gasteiger partial charge in [0.15, 0.2) is 11.5 Å². The van der Waals surface area contributed by atoms with Gasteiger partial charge >= 0.3 is 5.97 Å². The van der Waals surface area contributed by atoms with Crippen LogP contribution in [0, 0.1) is 11.3 Å². The van der Waals surface area contributed by atoms with Crippen molar-refractivity contribution in [2.75, 3.05) is 6.61 Å². The van der Waals surface area contributed by atoms with E-state index in [0.717, 1.165) is 12.1 Å². The lowest BCUT2D eigenvalue weighted by Gasteiger charge is -2.05. The van der Waals surface area contributed by atoms with Crippen molar-refractivity contribution in [3.8, 4) is 17.6 Å². The van der Waals surface area contributed by atoms with E-state index in [1.165, 1.54) is 0 Å². The minimum atomic E-state index is -0.776. The Morgan fingerprint density at radius 3 is 2.73 bits per heavy atom. The lowest BCUT2D eigenvalue weighted by molar-refractivity contribution is 0.0522. The quantitative estimate of drug-likeness (QED) is 0.560. The van der Waals surface area contributed by atoms with Crippen LogP contribution >= 0.6 is 0 Å². The molecule has 0 saturated carbocycles. The Kier molecular flexibility index (Phi) is 3.13. The Balaban J connectivity index is 3.23. The van der Waals surface area contributed by atoms with E-state index in [0.29, 0.717) is 0 Å². The van der Waals surface area contributed by atoms with Crippen LogP contribution in [-0.4, -0.2) is 22.8 Å². The number of hydrogen-bond acceptors (Lipinski definition) is 5. The summed E-state index contributed by atoms with van der Waals surface area (Å²) < 4.78 is 4.64. The number of esters is 1. The van der Waals surface area contributed by atoms with Crippen molar-refractivity contribution < 1.29 is 19.7 Å². The van der Waals surface area contributed by atoms with Gasteiger partial charge in [0.1, 0.15) is 5.56 Å². The summed E-state index contributed by atoms with van der Waals surface area (Å²) >= 11 is 0. The highest BCUT2D eigenvalue weighted by molar-refractivity contribution is 5.93. The number of rotatable bonds is 2. The maximum absolute atomic E-state index is 11.3. The van der Waals surface area contributed by atoms with E-state index >= 15 is 0 Å². The van der Waals surface area contributed by atoms with E-state index in [4.69, 9.17) is 5.26 Å². The van der Waals surface area contributed by atoms with Crippen molar-refractivity contribution >= 4 is 5.97 Å². The number of benzene rings is 1. The lowest BCUT2D eigenvalue weighted by atomic mass is 10.1. The van der Waals surface area contributed by atoms with Gasteiger partial charge in [0, 0.05) is 6.07 Å². The highest BCUT2D eigenvalue weighted by atomic mass is 16.5. The molecule has 5 heteroatoms. The number of ether oxygens (including phenoxy) is 1. The molecule has 0 radical (unpaired) electrons. The first-order valence-electron chi connectivity index (χ1n) is 4.23. The highest BCUT2D eigenvalue weighted by Crippen LogP contribution is 2.30. The monoisotopic (exact) mass is 207 g/mol. The predicted octanol–water partition coefficient (Wildman–Crippen LogP) is 1.15. The smallest absolute Gasteiger partial charge is 0.342 e. The predicted molar refractivity (Wildman–Crippen MR) is 50.4 cm³/mol. The number of nitriles is 1. The molecule has 0 unspecified atom stereocenters. The molecule has 1 rings (SSSR count). The van der Waals surface area contributed by atoms with Gasteiger partial charge in [-0.1, -0.05) is 0 Å². The SMILES string of the molecule is CCOC(=O)c1cc(C#N)cc(O)c1O. The number of nitrogens with zero attached hydrogens (tertiary/aromatic N) is 1. The molecular formula is C10H9NO4. The third-order valence-corrected chi connectivity index (χ3v) is 1.71. The first-order valence-corrected chi connectivity index (χ1v) is 4.23. The van der Waals surface area contributed by atoms with Crippen molar-refractivity contribution in [3.63, 3.8) is 0 Å². The Morgan fingerprint density at radius 1 is 1.53 bits per heavy atom. The fraction of sp³-hybridized carbons (Fsp3) is 0.200. The van der Waals surface area contributed by atoms with Gasteiger partial charge in [-0.25, -0.2) is 4.79 Å². The molecule has 2 N–H and O–H groups in total. The van der Waals surface area contributed by atoms with Gasteiger partial charge in [-0.15, -0.1) is 0 Å². The topological polar surface area (TPSA) is 90.6 Å². The van der Waals surface area contributed by atoms with E-state index in [-0.39, 0.29) is 17.7 Å². The second-order valence-electron chi connectivity index (χ2n) is 2.72. The minimum Gasteiger partial charge on any atom is -0.504 e. The molecule has 78 valence electrons. The molecular weight excluding hydrogens is 198 g/mol. The number of carbonyl (C=O) groups excluding carboxylic acids is 1. The van der Waals surface area contributed by atoms with E-state index in [2.05, 4.69) is 4.74 Å². The maximum Gasteiger partial charge on any atom is 0.342 e. The zero-order valence-corrected chi connectivity index (χ0v) is 8.02. The molecule has 0 aromatic heterocycles. The standard InChI is InChI=1S/C10H9NO4/c1-2-15-10(14)7-3-6(5-11)4-8(12)9(7)13/h3-4,12-13H,2H2,1H3. The molecule has 0 spiro atoms. The normalized spacial score (nSPS) is 9.33. The van der Waals surface area contributed by atoms with Gasteiger partial charge in [0.2, 0.25) is 0 Å². The molecule has 15 heavy (non-hydrogen) atoms. The number of hydrogen-bond donors (Lipinski definition) is 2. The number of phenolic OH excluding ortho intramolecular Hbond substituents is 2. The molecule has 0 saturated heterocycles. The summed E-state index contributed by atoms with van der Waals surface area (Å²) in [6, 6.07) is 3.98. The largest absolute Gasteiger partial charge is 0.504 e. The third-order valence-electron chi connectivity index (χ3n) is 1.71. The van der Waals surface area contributed by atoms with Gasteiger partial charge in [0.25, 0.3) is 0 Å². The average Bonchev–Trinajstić information content (AvgIpc) is 2.22. The lowest BCUT2D eigenvalue weighted by Crippen LogP contribution is -2.05. The van der Waals surface area contributed by atoms with Crippen LogP contribution in [0.15, 0.2) is 12.1 Å². The Labute approximate surface area is 86.1 Å². The zero-order valence-electron chi connectivity index (χ0n) is 8.02. The molecule has 0 atom stereocenters. The van der Waals surface area contributed by atoms with Crippen LogP contribution in [0.2, 0.25) is 0 Å². The zero-order chi connectivity index (χ0) is 11.4. The second-order valence-corrected chi connectivity index (χ2v) is 2.72. The second kappa shape index (κ2) is 4.33. The minimum absolute atomic E-state index is 0.0772. The van der Waals surface area contributed by atoms with Gasteiger partial charge in [0.05, 0.1) is 18.2 Å². The Hall–Kier alpha value is -2.22. The molecule has 0 fully saturated rings. The molecule has 0 amide bonds. The third kappa shape index (κ3) is 2.17. The average molecular weight is 207 g/mol. The molecule has 1 aromatic rings. The summed E-state index contributed by atoms with van der Waals surface area (Å²) in [4.78, 5) is 11.3. The fourth-order valence-corrected chi connectivity index (χ4v) is 1.05. The van der Waals surface area contributed by atoms with Crippen molar-refractivity contribution in [3.05, 3.63) is 23.3 Å². The van der Waals surface area contributed by atoms with Crippen molar-refractivity contribution in [2.24, 2.45) is 0 Å².